The zero-order valence-electron chi connectivity index (χ0n) is 15.9. The highest BCUT2D eigenvalue weighted by Crippen LogP contribution is 2.27. The van der Waals surface area contributed by atoms with Crippen LogP contribution < -0.4 is 19.1 Å². The Bertz CT molecular complexity index is 911. The number of methoxy groups -OCH3 is 1. The molecule has 1 aliphatic heterocycles. The third-order valence-electron chi connectivity index (χ3n) is 4.60. The standard InChI is InChI=1S/C20H24N2O5S/c1-3-27-18-6-4-16(5-7-18)22-14-15(12-20(22)23)13-21-28(24,25)19-10-8-17(26-2)9-11-19/h4-11,15,21H,3,12-14H2,1-2H3. The Morgan fingerprint density at radius 1 is 1.07 bits per heavy atom. The van der Waals surface area contributed by atoms with Gasteiger partial charge in [-0.1, -0.05) is 0 Å². The van der Waals surface area contributed by atoms with Crippen LogP contribution >= 0.6 is 0 Å². The van der Waals surface area contributed by atoms with Crippen molar-refractivity contribution in [1.29, 1.82) is 0 Å². The molecule has 1 atom stereocenters. The summed E-state index contributed by atoms with van der Waals surface area (Å²) in [5.41, 5.74) is 0.786. The molecular weight excluding hydrogens is 380 g/mol. The van der Waals surface area contributed by atoms with Gasteiger partial charge < -0.3 is 14.4 Å². The summed E-state index contributed by atoms with van der Waals surface area (Å²) in [5, 5.41) is 0. The first-order valence-corrected chi connectivity index (χ1v) is 10.6. The van der Waals surface area contributed by atoms with Gasteiger partial charge in [0.2, 0.25) is 15.9 Å². The molecule has 0 spiro atoms. The van der Waals surface area contributed by atoms with Crippen molar-refractivity contribution in [2.45, 2.75) is 18.2 Å². The van der Waals surface area contributed by atoms with Gasteiger partial charge in [-0.25, -0.2) is 13.1 Å². The van der Waals surface area contributed by atoms with Crippen LogP contribution in [0.4, 0.5) is 5.69 Å². The number of anilines is 1. The zero-order chi connectivity index (χ0) is 20.1. The molecular formula is C20H24N2O5S. The molecule has 0 aliphatic carbocycles. The third kappa shape index (κ3) is 4.63. The predicted molar refractivity (Wildman–Crippen MR) is 106 cm³/mol. The van der Waals surface area contributed by atoms with E-state index in [4.69, 9.17) is 9.47 Å². The van der Waals surface area contributed by atoms with E-state index in [0.29, 0.717) is 25.3 Å². The van der Waals surface area contributed by atoms with E-state index in [2.05, 4.69) is 4.72 Å². The van der Waals surface area contributed by atoms with Crippen LogP contribution in [0, 0.1) is 5.92 Å². The summed E-state index contributed by atoms with van der Waals surface area (Å²) in [5.74, 6) is 1.23. The van der Waals surface area contributed by atoms with Crippen molar-refractivity contribution in [3.05, 3.63) is 48.5 Å². The zero-order valence-corrected chi connectivity index (χ0v) is 16.7. The first-order valence-electron chi connectivity index (χ1n) is 9.10. The molecule has 1 aliphatic rings. The number of nitrogens with one attached hydrogen (secondary N) is 1. The highest BCUT2D eigenvalue weighted by Gasteiger charge is 2.31. The summed E-state index contributed by atoms with van der Waals surface area (Å²) in [6.07, 6.45) is 0.304. The largest absolute Gasteiger partial charge is 0.497 e. The maximum absolute atomic E-state index is 12.5. The summed E-state index contributed by atoms with van der Waals surface area (Å²) in [6.45, 7) is 3.17. The Morgan fingerprint density at radius 3 is 2.32 bits per heavy atom. The summed E-state index contributed by atoms with van der Waals surface area (Å²) in [6, 6.07) is 13.5. The Kier molecular flexibility index (Phi) is 6.21. The van der Waals surface area contributed by atoms with Gasteiger partial charge in [-0.15, -0.1) is 0 Å². The van der Waals surface area contributed by atoms with Gasteiger partial charge in [0.05, 0.1) is 18.6 Å². The van der Waals surface area contributed by atoms with Crippen LogP contribution in [0.1, 0.15) is 13.3 Å². The summed E-state index contributed by atoms with van der Waals surface area (Å²) < 4.78 is 38.0. The molecule has 1 fully saturated rings. The van der Waals surface area contributed by atoms with E-state index in [1.807, 2.05) is 31.2 Å². The van der Waals surface area contributed by atoms with Crippen molar-refractivity contribution in [3.63, 3.8) is 0 Å². The fraction of sp³-hybridized carbons (Fsp3) is 0.350. The number of amides is 1. The van der Waals surface area contributed by atoms with Crippen LogP contribution in [0.25, 0.3) is 0 Å². The van der Waals surface area contributed by atoms with E-state index >= 15 is 0 Å². The molecule has 3 rings (SSSR count). The average molecular weight is 404 g/mol. The average Bonchev–Trinajstić information content (AvgIpc) is 3.08. The van der Waals surface area contributed by atoms with E-state index in [1.165, 1.54) is 19.2 Å². The number of nitrogens with zero attached hydrogens (tertiary/aromatic N) is 1. The van der Waals surface area contributed by atoms with Gasteiger partial charge in [-0.05, 0) is 61.4 Å². The minimum atomic E-state index is -3.64. The van der Waals surface area contributed by atoms with Gasteiger partial charge in [0.1, 0.15) is 11.5 Å². The molecule has 0 saturated carbocycles. The fourth-order valence-corrected chi connectivity index (χ4v) is 4.24. The van der Waals surface area contributed by atoms with Crippen LogP contribution in [0.2, 0.25) is 0 Å². The summed E-state index contributed by atoms with van der Waals surface area (Å²) >= 11 is 0. The van der Waals surface area contributed by atoms with Crippen molar-refractivity contribution in [2.75, 3.05) is 31.7 Å². The Balaban J connectivity index is 1.60. The number of hydrogen-bond donors (Lipinski definition) is 1. The minimum absolute atomic E-state index is 0.0159. The van der Waals surface area contributed by atoms with Gasteiger partial charge >= 0.3 is 0 Å². The van der Waals surface area contributed by atoms with Crippen LogP contribution in [-0.4, -0.2) is 41.1 Å². The summed E-state index contributed by atoms with van der Waals surface area (Å²) in [7, 11) is -2.11. The van der Waals surface area contributed by atoms with Gasteiger partial charge in [0.15, 0.2) is 0 Å². The monoisotopic (exact) mass is 404 g/mol. The number of carbonyl (C=O) groups excluding carboxylic acids is 1. The van der Waals surface area contributed by atoms with Gasteiger partial charge in [-0.2, -0.15) is 0 Å². The van der Waals surface area contributed by atoms with E-state index < -0.39 is 10.0 Å². The lowest BCUT2D eigenvalue weighted by Crippen LogP contribution is -2.31. The first kappa shape index (κ1) is 20.2. The molecule has 28 heavy (non-hydrogen) atoms. The van der Waals surface area contributed by atoms with Gasteiger partial charge in [0.25, 0.3) is 0 Å². The van der Waals surface area contributed by atoms with Crippen molar-refractivity contribution in [1.82, 2.24) is 4.72 Å². The molecule has 0 radical (unpaired) electrons. The molecule has 0 bridgehead atoms. The highest BCUT2D eigenvalue weighted by atomic mass is 32.2. The number of benzene rings is 2. The predicted octanol–water partition coefficient (Wildman–Crippen LogP) is 2.43. The van der Waals surface area contributed by atoms with Crippen LogP contribution in [0.15, 0.2) is 53.4 Å². The molecule has 7 nitrogen and oxygen atoms in total. The summed E-state index contributed by atoms with van der Waals surface area (Å²) in [4.78, 5) is 14.2. The van der Waals surface area contributed by atoms with Crippen molar-refractivity contribution >= 4 is 21.6 Å². The molecule has 1 amide bonds. The van der Waals surface area contributed by atoms with Crippen molar-refractivity contribution in [2.24, 2.45) is 5.92 Å². The second kappa shape index (κ2) is 8.62. The van der Waals surface area contributed by atoms with Gasteiger partial charge in [0, 0.05) is 25.2 Å². The maximum atomic E-state index is 12.5. The highest BCUT2D eigenvalue weighted by molar-refractivity contribution is 7.89. The Labute approximate surface area is 165 Å². The number of rotatable bonds is 8. The fourth-order valence-electron chi connectivity index (χ4n) is 3.12. The molecule has 1 saturated heterocycles. The normalized spacial score (nSPS) is 17.0. The number of ether oxygens (including phenoxy) is 2. The maximum Gasteiger partial charge on any atom is 0.240 e. The second-order valence-electron chi connectivity index (χ2n) is 6.53. The number of hydrogen-bond acceptors (Lipinski definition) is 5. The van der Waals surface area contributed by atoms with Crippen molar-refractivity contribution in [3.8, 4) is 11.5 Å². The van der Waals surface area contributed by atoms with Crippen LogP contribution in [0.5, 0.6) is 11.5 Å². The lowest BCUT2D eigenvalue weighted by atomic mass is 10.1. The molecule has 1 heterocycles. The SMILES string of the molecule is CCOc1ccc(N2CC(CNS(=O)(=O)c3ccc(OC)cc3)CC2=O)cc1. The molecule has 2 aromatic carbocycles. The molecule has 8 heteroatoms. The van der Waals surface area contributed by atoms with E-state index in [0.717, 1.165) is 11.4 Å². The first-order chi connectivity index (χ1) is 13.4. The molecule has 1 N–H and O–H groups in total. The minimum Gasteiger partial charge on any atom is -0.497 e. The molecule has 0 aromatic heterocycles. The van der Waals surface area contributed by atoms with E-state index in [9.17, 15) is 13.2 Å². The smallest absolute Gasteiger partial charge is 0.240 e. The lowest BCUT2D eigenvalue weighted by Gasteiger charge is -2.17. The van der Waals surface area contributed by atoms with E-state index in [-0.39, 0.29) is 23.3 Å². The quantitative estimate of drug-likeness (QED) is 0.730. The van der Waals surface area contributed by atoms with Gasteiger partial charge in [-0.3, -0.25) is 4.79 Å². The number of sulfonamides is 1. The molecule has 150 valence electrons. The number of carbonyl (C=O) groups is 1. The second-order valence-corrected chi connectivity index (χ2v) is 8.30. The Morgan fingerprint density at radius 2 is 1.71 bits per heavy atom. The molecule has 1 unspecified atom stereocenters. The lowest BCUT2D eigenvalue weighted by molar-refractivity contribution is -0.117. The van der Waals surface area contributed by atoms with E-state index in [1.54, 1.807) is 17.0 Å². The third-order valence-corrected chi connectivity index (χ3v) is 6.04. The van der Waals surface area contributed by atoms with Crippen LogP contribution in [-0.2, 0) is 14.8 Å². The van der Waals surface area contributed by atoms with Crippen molar-refractivity contribution < 1.29 is 22.7 Å². The molecule has 2 aromatic rings. The topological polar surface area (TPSA) is 84.9 Å². The van der Waals surface area contributed by atoms with Crippen LogP contribution in [0.3, 0.4) is 0 Å². The Hall–Kier alpha value is -2.58.